The van der Waals surface area contributed by atoms with Gasteiger partial charge < -0.3 is 18.7 Å². The number of hydrogen-bond acceptors (Lipinski definition) is 6. The highest BCUT2D eigenvalue weighted by atomic mass is 16.7. The number of carbonyl (C=O) groups is 1. The van der Waals surface area contributed by atoms with Gasteiger partial charge in [0.25, 0.3) is 0 Å². The summed E-state index contributed by atoms with van der Waals surface area (Å²) in [7, 11) is 0. The third-order valence-electron chi connectivity index (χ3n) is 5.72. The van der Waals surface area contributed by atoms with Gasteiger partial charge in [-0.05, 0) is 49.8 Å². The van der Waals surface area contributed by atoms with Crippen molar-refractivity contribution in [1.82, 2.24) is 5.16 Å². The highest BCUT2D eigenvalue weighted by molar-refractivity contribution is 5.72. The van der Waals surface area contributed by atoms with E-state index >= 15 is 0 Å². The Hall–Kier alpha value is -2.50. The molecular weight excluding hydrogens is 358 g/mol. The molecule has 6 heteroatoms. The topological polar surface area (TPSA) is 70.8 Å². The Balaban J connectivity index is 1.27. The zero-order chi connectivity index (χ0) is 19.3. The minimum absolute atomic E-state index is 0.0260. The van der Waals surface area contributed by atoms with Gasteiger partial charge >= 0.3 is 5.97 Å². The van der Waals surface area contributed by atoms with Crippen LogP contribution in [0.5, 0.6) is 11.5 Å². The molecule has 1 aliphatic heterocycles. The van der Waals surface area contributed by atoms with E-state index in [0.29, 0.717) is 17.2 Å². The monoisotopic (exact) mass is 385 g/mol. The maximum atomic E-state index is 12.4. The third-order valence-corrected chi connectivity index (χ3v) is 5.72. The number of nitrogens with zero attached hydrogens (tertiary/aromatic N) is 1. The molecule has 150 valence electrons. The molecule has 1 aromatic carbocycles. The molecule has 0 saturated heterocycles. The van der Waals surface area contributed by atoms with Gasteiger partial charge in [0.05, 0.1) is 5.92 Å². The standard InChI is InChI=1S/C22H27NO5/c1-2-3-4-15-5-7-16(8-6-15)22(24)25-13-18-12-20(28-23-18)17-9-10-19-21(11-17)27-14-26-19/h9-12,15-16H,2-8,13-14H2,1H3. The van der Waals surface area contributed by atoms with E-state index in [1.165, 1.54) is 19.3 Å². The lowest BCUT2D eigenvalue weighted by atomic mass is 9.80. The lowest BCUT2D eigenvalue weighted by Gasteiger charge is -2.27. The summed E-state index contributed by atoms with van der Waals surface area (Å²) in [5.41, 5.74) is 1.46. The van der Waals surface area contributed by atoms with E-state index in [0.717, 1.165) is 42.9 Å². The Kier molecular flexibility index (Phi) is 5.84. The number of hydrogen-bond donors (Lipinski definition) is 0. The fourth-order valence-corrected chi connectivity index (χ4v) is 4.01. The zero-order valence-corrected chi connectivity index (χ0v) is 16.3. The first kappa shape index (κ1) is 18.8. The molecule has 1 aromatic heterocycles. The maximum Gasteiger partial charge on any atom is 0.309 e. The van der Waals surface area contributed by atoms with Gasteiger partial charge in [-0.3, -0.25) is 4.79 Å². The van der Waals surface area contributed by atoms with Crippen molar-refractivity contribution in [2.75, 3.05) is 6.79 Å². The van der Waals surface area contributed by atoms with E-state index in [2.05, 4.69) is 12.1 Å². The molecule has 0 radical (unpaired) electrons. The second-order valence-electron chi connectivity index (χ2n) is 7.72. The van der Waals surface area contributed by atoms with Crippen molar-refractivity contribution in [3.05, 3.63) is 30.0 Å². The van der Waals surface area contributed by atoms with Gasteiger partial charge in [-0.15, -0.1) is 0 Å². The second-order valence-corrected chi connectivity index (χ2v) is 7.72. The molecule has 2 aliphatic rings. The van der Waals surface area contributed by atoms with Crippen molar-refractivity contribution >= 4 is 5.97 Å². The van der Waals surface area contributed by atoms with Crippen LogP contribution in [0.15, 0.2) is 28.8 Å². The number of esters is 1. The van der Waals surface area contributed by atoms with Crippen LogP contribution in [0.3, 0.4) is 0 Å². The minimum atomic E-state index is -0.110. The van der Waals surface area contributed by atoms with Crippen molar-refractivity contribution in [3.63, 3.8) is 0 Å². The first-order chi connectivity index (χ1) is 13.7. The normalized spacial score (nSPS) is 20.9. The van der Waals surface area contributed by atoms with Crippen molar-refractivity contribution in [2.45, 2.75) is 58.5 Å². The summed E-state index contributed by atoms with van der Waals surface area (Å²) in [4.78, 5) is 12.4. The van der Waals surface area contributed by atoms with Gasteiger partial charge in [0.2, 0.25) is 6.79 Å². The smallest absolute Gasteiger partial charge is 0.309 e. The minimum Gasteiger partial charge on any atom is -0.459 e. The van der Waals surface area contributed by atoms with E-state index in [1.807, 2.05) is 18.2 Å². The number of ether oxygens (including phenoxy) is 3. The van der Waals surface area contributed by atoms with Gasteiger partial charge in [-0.2, -0.15) is 0 Å². The lowest BCUT2D eigenvalue weighted by molar-refractivity contribution is -0.151. The Morgan fingerprint density at radius 1 is 1.14 bits per heavy atom. The summed E-state index contributed by atoms with van der Waals surface area (Å²) in [6, 6.07) is 7.39. The molecule has 6 nitrogen and oxygen atoms in total. The molecule has 1 saturated carbocycles. The fourth-order valence-electron chi connectivity index (χ4n) is 4.01. The van der Waals surface area contributed by atoms with Crippen LogP contribution >= 0.6 is 0 Å². The Bertz CT molecular complexity index is 807. The largest absolute Gasteiger partial charge is 0.459 e. The van der Waals surface area contributed by atoms with Crippen LogP contribution in [0.2, 0.25) is 0 Å². The first-order valence-electron chi connectivity index (χ1n) is 10.2. The summed E-state index contributed by atoms with van der Waals surface area (Å²) < 4.78 is 21.6. The quantitative estimate of drug-likeness (QED) is 0.617. The Morgan fingerprint density at radius 2 is 1.96 bits per heavy atom. The number of fused-ring (bicyclic) bond motifs is 1. The Morgan fingerprint density at radius 3 is 2.79 bits per heavy atom. The van der Waals surface area contributed by atoms with Gasteiger partial charge in [0.1, 0.15) is 12.3 Å². The fraction of sp³-hybridized carbons (Fsp3) is 0.545. The maximum absolute atomic E-state index is 12.4. The SMILES string of the molecule is CCCCC1CCC(C(=O)OCc2cc(-c3ccc4c(c3)OCO4)on2)CC1. The highest BCUT2D eigenvalue weighted by Crippen LogP contribution is 2.36. The van der Waals surface area contributed by atoms with Crippen LogP contribution in [0.25, 0.3) is 11.3 Å². The van der Waals surface area contributed by atoms with Crippen LogP contribution in [0.4, 0.5) is 0 Å². The van der Waals surface area contributed by atoms with E-state index in [1.54, 1.807) is 6.07 Å². The molecule has 1 fully saturated rings. The summed E-state index contributed by atoms with van der Waals surface area (Å²) in [5.74, 6) is 2.72. The van der Waals surface area contributed by atoms with Crippen LogP contribution in [0, 0.1) is 11.8 Å². The molecule has 0 bridgehead atoms. The molecule has 2 aromatic rings. The zero-order valence-electron chi connectivity index (χ0n) is 16.3. The molecule has 1 aliphatic carbocycles. The molecular formula is C22H27NO5. The molecule has 0 amide bonds. The Labute approximate surface area is 165 Å². The average molecular weight is 385 g/mol. The second kappa shape index (κ2) is 8.67. The van der Waals surface area contributed by atoms with E-state index in [9.17, 15) is 4.79 Å². The summed E-state index contributed by atoms with van der Waals surface area (Å²) in [5, 5.41) is 4.02. The number of rotatable bonds is 7. The number of unbranched alkanes of at least 4 members (excludes halogenated alkanes) is 1. The molecule has 4 rings (SSSR count). The van der Waals surface area contributed by atoms with Gasteiger partial charge in [0, 0.05) is 11.6 Å². The lowest BCUT2D eigenvalue weighted by Crippen LogP contribution is -2.23. The highest BCUT2D eigenvalue weighted by Gasteiger charge is 2.27. The molecule has 0 unspecified atom stereocenters. The predicted molar refractivity (Wildman–Crippen MR) is 103 cm³/mol. The first-order valence-corrected chi connectivity index (χ1v) is 10.2. The van der Waals surface area contributed by atoms with Crippen LogP contribution in [-0.2, 0) is 16.1 Å². The van der Waals surface area contributed by atoms with E-state index < -0.39 is 0 Å². The molecule has 0 N–H and O–H groups in total. The summed E-state index contributed by atoms with van der Waals surface area (Å²) in [6.07, 6.45) is 7.98. The molecule has 0 atom stereocenters. The van der Waals surface area contributed by atoms with Gasteiger partial charge in [-0.1, -0.05) is 31.3 Å². The van der Waals surface area contributed by atoms with Crippen molar-refractivity contribution in [3.8, 4) is 22.8 Å². The summed E-state index contributed by atoms with van der Waals surface area (Å²) >= 11 is 0. The summed E-state index contributed by atoms with van der Waals surface area (Å²) in [6.45, 7) is 2.60. The predicted octanol–water partition coefficient (Wildman–Crippen LogP) is 5.11. The van der Waals surface area contributed by atoms with Crippen molar-refractivity contribution in [2.24, 2.45) is 11.8 Å². The molecule has 28 heavy (non-hydrogen) atoms. The average Bonchev–Trinajstić information content (AvgIpc) is 3.39. The van der Waals surface area contributed by atoms with E-state index in [4.69, 9.17) is 18.7 Å². The molecule has 0 spiro atoms. The molecule has 2 heterocycles. The number of aromatic nitrogens is 1. The number of benzene rings is 1. The van der Waals surface area contributed by atoms with Crippen LogP contribution in [0.1, 0.15) is 57.6 Å². The van der Waals surface area contributed by atoms with Crippen LogP contribution in [-0.4, -0.2) is 17.9 Å². The van der Waals surface area contributed by atoms with Crippen molar-refractivity contribution in [1.29, 1.82) is 0 Å². The number of carbonyl (C=O) groups excluding carboxylic acids is 1. The van der Waals surface area contributed by atoms with Gasteiger partial charge in [-0.25, -0.2) is 0 Å². The van der Waals surface area contributed by atoms with Crippen LogP contribution < -0.4 is 9.47 Å². The van der Waals surface area contributed by atoms with Gasteiger partial charge in [0.15, 0.2) is 17.3 Å². The third kappa shape index (κ3) is 4.32. The van der Waals surface area contributed by atoms with E-state index in [-0.39, 0.29) is 25.3 Å². The van der Waals surface area contributed by atoms with Crippen molar-refractivity contribution < 1.29 is 23.5 Å².